The van der Waals surface area contributed by atoms with Gasteiger partial charge in [-0.2, -0.15) is 12.6 Å². The van der Waals surface area contributed by atoms with Crippen molar-refractivity contribution in [2.45, 2.75) is 64.8 Å². The Morgan fingerprint density at radius 2 is 2.15 bits per heavy atom. The molecule has 1 aromatic carbocycles. The highest BCUT2D eigenvalue weighted by molar-refractivity contribution is 7.81. The minimum atomic E-state index is -0.316. The Bertz CT molecular complexity index is 745. The second-order valence-corrected chi connectivity index (χ2v) is 7.97. The van der Waals surface area contributed by atoms with Gasteiger partial charge in [0.05, 0.1) is 23.7 Å². The molecular weight excluding hydrogens is 361 g/mol. The summed E-state index contributed by atoms with van der Waals surface area (Å²) in [5.74, 6) is 1.07. The summed E-state index contributed by atoms with van der Waals surface area (Å²) in [5, 5.41) is 2.65. The molecule has 0 saturated heterocycles. The molecule has 1 N–H and O–H groups in total. The topological polar surface area (TPSA) is 46.9 Å². The third kappa shape index (κ3) is 6.69. The Morgan fingerprint density at radius 3 is 2.81 bits per heavy atom. The van der Waals surface area contributed by atoms with Gasteiger partial charge in [-0.05, 0) is 36.5 Å². The highest BCUT2D eigenvalue weighted by atomic mass is 32.1. The van der Waals surface area contributed by atoms with Crippen molar-refractivity contribution < 1.29 is 9.18 Å². The van der Waals surface area contributed by atoms with Crippen LogP contribution in [0.25, 0.3) is 0 Å². The number of thiol groups is 1. The van der Waals surface area contributed by atoms with Crippen LogP contribution in [0.5, 0.6) is 0 Å². The summed E-state index contributed by atoms with van der Waals surface area (Å²) in [6.45, 7) is 7.22. The summed E-state index contributed by atoms with van der Waals surface area (Å²) < 4.78 is 15.6. The fraction of sp³-hybridized carbons (Fsp3) is 0.524. The van der Waals surface area contributed by atoms with Gasteiger partial charge in [0.1, 0.15) is 11.6 Å². The van der Waals surface area contributed by atoms with E-state index in [9.17, 15) is 9.18 Å². The van der Waals surface area contributed by atoms with Gasteiger partial charge in [-0.3, -0.25) is 4.79 Å². The van der Waals surface area contributed by atoms with Crippen LogP contribution >= 0.6 is 12.6 Å². The number of halogens is 1. The number of nitrogens with zero attached hydrogens (tertiary/aromatic N) is 2. The SMILES string of the molecule is CCCCc1ncc(CNC(=O)[C@@H](S)CC(C)C)n1Cc1cccc(F)c1. The van der Waals surface area contributed by atoms with Gasteiger partial charge in [0.2, 0.25) is 5.91 Å². The lowest BCUT2D eigenvalue weighted by atomic mass is 10.1. The molecule has 6 heteroatoms. The van der Waals surface area contributed by atoms with Crippen LogP contribution in [0.2, 0.25) is 0 Å². The van der Waals surface area contributed by atoms with E-state index >= 15 is 0 Å². The molecule has 1 aromatic heterocycles. The van der Waals surface area contributed by atoms with Crippen LogP contribution in [0.15, 0.2) is 30.5 Å². The summed E-state index contributed by atoms with van der Waals surface area (Å²) in [6.07, 6.45) is 5.52. The molecule has 0 aliphatic carbocycles. The van der Waals surface area contributed by atoms with Gasteiger partial charge < -0.3 is 9.88 Å². The highest BCUT2D eigenvalue weighted by Crippen LogP contribution is 2.15. The first-order valence-electron chi connectivity index (χ1n) is 9.64. The van der Waals surface area contributed by atoms with E-state index in [-0.39, 0.29) is 17.0 Å². The molecule has 1 heterocycles. The number of carbonyl (C=O) groups excluding carboxylic acids is 1. The van der Waals surface area contributed by atoms with E-state index in [2.05, 4.69) is 48.3 Å². The summed E-state index contributed by atoms with van der Waals surface area (Å²) in [4.78, 5) is 16.8. The van der Waals surface area contributed by atoms with E-state index in [1.54, 1.807) is 18.3 Å². The van der Waals surface area contributed by atoms with Crippen LogP contribution in [-0.2, 0) is 24.3 Å². The first-order valence-corrected chi connectivity index (χ1v) is 10.2. The van der Waals surface area contributed by atoms with Crippen molar-refractivity contribution >= 4 is 18.5 Å². The zero-order valence-electron chi connectivity index (χ0n) is 16.4. The van der Waals surface area contributed by atoms with E-state index in [0.717, 1.165) is 42.8 Å². The third-order valence-electron chi connectivity index (χ3n) is 4.45. The molecule has 2 rings (SSSR count). The third-order valence-corrected chi connectivity index (χ3v) is 4.89. The van der Waals surface area contributed by atoms with E-state index in [1.807, 2.05) is 6.07 Å². The Balaban J connectivity index is 2.13. The predicted octanol–water partition coefficient (Wildman–Crippen LogP) is 4.37. The van der Waals surface area contributed by atoms with Crippen LogP contribution in [0.1, 0.15) is 57.1 Å². The lowest BCUT2D eigenvalue weighted by Crippen LogP contribution is -2.32. The fourth-order valence-electron chi connectivity index (χ4n) is 2.99. The Labute approximate surface area is 167 Å². The van der Waals surface area contributed by atoms with Crippen LogP contribution in [0.3, 0.4) is 0 Å². The maximum Gasteiger partial charge on any atom is 0.233 e. The number of hydrogen-bond donors (Lipinski definition) is 2. The van der Waals surface area contributed by atoms with Crippen molar-refractivity contribution in [3.63, 3.8) is 0 Å². The van der Waals surface area contributed by atoms with Crippen molar-refractivity contribution in [1.82, 2.24) is 14.9 Å². The lowest BCUT2D eigenvalue weighted by Gasteiger charge is -2.15. The molecule has 1 atom stereocenters. The number of amides is 1. The second-order valence-electron chi connectivity index (χ2n) is 7.35. The maximum absolute atomic E-state index is 13.6. The molecule has 0 fully saturated rings. The zero-order chi connectivity index (χ0) is 19.8. The maximum atomic E-state index is 13.6. The molecule has 27 heavy (non-hydrogen) atoms. The number of aryl methyl sites for hydroxylation is 1. The lowest BCUT2D eigenvalue weighted by molar-refractivity contribution is -0.121. The smallest absolute Gasteiger partial charge is 0.233 e. The van der Waals surface area contributed by atoms with Crippen molar-refractivity contribution in [3.05, 3.63) is 53.4 Å². The molecule has 0 saturated carbocycles. The van der Waals surface area contributed by atoms with Crippen molar-refractivity contribution in [2.75, 3.05) is 0 Å². The van der Waals surface area contributed by atoms with Gasteiger partial charge >= 0.3 is 0 Å². The van der Waals surface area contributed by atoms with Gasteiger partial charge in [-0.15, -0.1) is 0 Å². The first kappa shape index (κ1) is 21.5. The van der Waals surface area contributed by atoms with Crippen molar-refractivity contribution in [2.24, 2.45) is 5.92 Å². The Kier molecular flexibility index (Phi) is 8.35. The highest BCUT2D eigenvalue weighted by Gasteiger charge is 2.17. The Morgan fingerprint density at radius 1 is 1.37 bits per heavy atom. The number of hydrogen-bond acceptors (Lipinski definition) is 3. The van der Waals surface area contributed by atoms with Gasteiger partial charge in [0.25, 0.3) is 0 Å². The van der Waals surface area contributed by atoms with E-state index in [4.69, 9.17) is 0 Å². The van der Waals surface area contributed by atoms with Gasteiger partial charge in [-0.25, -0.2) is 9.37 Å². The monoisotopic (exact) mass is 391 g/mol. The second kappa shape index (κ2) is 10.5. The minimum Gasteiger partial charge on any atom is -0.350 e. The molecule has 148 valence electrons. The number of rotatable bonds is 10. The summed E-state index contributed by atoms with van der Waals surface area (Å²) >= 11 is 4.40. The van der Waals surface area contributed by atoms with Gasteiger partial charge in [0, 0.05) is 13.0 Å². The normalized spacial score (nSPS) is 12.4. The number of imidazole rings is 1. The van der Waals surface area contributed by atoms with Crippen LogP contribution in [-0.4, -0.2) is 20.7 Å². The summed E-state index contributed by atoms with van der Waals surface area (Å²) in [6, 6.07) is 6.60. The van der Waals surface area contributed by atoms with Crippen molar-refractivity contribution in [1.29, 1.82) is 0 Å². The molecular formula is C21H30FN3OS. The number of unbranched alkanes of at least 4 members (excludes halogenated alkanes) is 1. The average Bonchev–Trinajstić information content (AvgIpc) is 2.99. The first-order chi connectivity index (χ1) is 12.9. The van der Waals surface area contributed by atoms with Crippen LogP contribution in [0.4, 0.5) is 4.39 Å². The minimum absolute atomic E-state index is 0.0688. The summed E-state index contributed by atoms with van der Waals surface area (Å²) in [7, 11) is 0. The molecule has 0 radical (unpaired) electrons. The molecule has 2 aromatic rings. The largest absolute Gasteiger partial charge is 0.350 e. The quantitative estimate of drug-likeness (QED) is 0.591. The van der Waals surface area contributed by atoms with E-state index in [1.165, 1.54) is 6.07 Å². The number of aromatic nitrogens is 2. The van der Waals surface area contributed by atoms with E-state index < -0.39 is 0 Å². The molecule has 0 spiro atoms. The average molecular weight is 392 g/mol. The molecule has 1 amide bonds. The Hall–Kier alpha value is -1.82. The molecule has 0 aliphatic rings. The predicted molar refractivity (Wildman–Crippen MR) is 110 cm³/mol. The van der Waals surface area contributed by atoms with Crippen LogP contribution < -0.4 is 5.32 Å². The molecule has 0 bridgehead atoms. The zero-order valence-corrected chi connectivity index (χ0v) is 17.3. The van der Waals surface area contributed by atoms with Gasteiger partial charge in [-0.1, -0.05) is 39.3 Å². The number of nitrogens with one attached hydrogen (secondary N) is 1. The fourth-order valence-corrected chi connectivity index (χ4v) is 3.50. The molecule has 0 unspecified atom stereocenters. The summed E-state index contributed by atoms with van der Waals surface area (Å²) in [5.41, 5.74) is 1.80. The van der Waals surface area contributed by atoms with Crippen LogP contribution in [0, 0.1) is 11.7 Å². The number of benzene rings is 1. The standard InChI is InChI=1S/C21H30FN3OS/c1-4-5-9-20-23-12-18(13-24-21(26)19(27)10-15(2)3)25(20)14-16-7-6-8-17(22)11-16/h6-8,11-12,15,19,27H,4-5,9-10,13-14H2,1-3H3,(H,24,26)/t19-/m0/s1. The molecule has 4 nitrogen and oxygen atoms in total. The van der Waals surface area contributed by atoms with Gasteiger partial charge in [0.15, 0.2) is 0 Å². The van der Waals surface area contributed by atoms with E-state index in [0.29, 0.717) is 19.0 Å². The number of carbonyl (C=O) groups is 1. The van der Waals surface area contributed by atoms with Crippen molar-refractivity contribution in [3.8, 4) is 0 Å². The molecule has 0 aliphatic heterocycles.